The summed E-state index contributed by atoms with van der Waals surface area (Å²) in [5, 5.41) is 4.03. The minimum absolute atomic E-state index is 0.700. The lowest BCUT2D eigenvalue weighted by Crippen LogP contribution is -1.97. The maximum atomic E-state index is 5.30. The van der Waals surface area contributed by atoms with Gasteiger partial charge in [0.1, 0.15) is 11.6 Å². The molecule has 5 heteroatoms. The molecule has 0 saturated heterocycles. The van der Waals surface area contributed by atoms with Gasteiger partial charge in [-0.2, -0.15) is 4.37 Å². The van der Waals surface area contributed by atoms with Crippen molar-refractivity contribution in [1.29, 1.82) is 0 Å². The molecule has 0 bridgehead atoms. The summed E-state index contributed by atoms with van der Waals surface area (Å²) in [6.45, 7) is 2.91. The topological polar surface area (TPSA) is 47.0 Å². The van der Waals surface area contributed by atoms with Crippen LogP contribution in [-0.2, 0) is 6.42 Å². The zero-order valence-corrected chi connectivity index (χ0v) is 10.8. The van der Waals surface area contributed by atoms with E-state index in [1.54, 1.807) is 7.11 Å². The van der Waals surface area contributed by atoms with Gasteiger partial charge in [-0.05, 0) is 13.0 Å². The van der Waals surface area contributed by atoms with Crippen molar-refractivity contribution in [2.24, 2.45) is 0 Å². The Kier molecular flexibility index (Phi) is 3.93. The Morgan fingerprint density at radius 2 is 2.18 bits per heavy atom. The van der Waals surface area contributed by atoms with E-state index in [-0.39, 0.29) is 0 Å². The summed E-state index contributed by atoms with van der Waals surface area (Å²) >= 11 is 1.39. The number of methoxy groups -OCH3 is 1. The van der Waals surface area contributed by atoms with E-state index in [9.17, 15) is 0 Å². The van der Waals surface area contributed by atoms with Gasteiger partial charge in [0.2, 0.25) is 5.13 Å². The lowest BCUT2D eigenvalue weighted by molar-refractivity contribution is 0.410. The van der Waals surface area contributed by atoms with Gasteiger partial charge in [0.15, 0.2) is 0 Å². The SMILES string of the molecule is CCNc1nc(Cc2ccccc2OC)ns1. The first-order chi connectivity index (χ1) is 8.33. The van der Waals surface area contributed by atoms with Crippen molar-refractivity contribution >= 4 is 16.7 Å². The number of benzene rings is 1. The number of ether oxygens (including phenoxy) is 1. The first-order valence-corrected chi connectivity index (χ1v) is 6.29. The summed E-state index contributed by atoms with van der Waals surface area (Å²) in [5.74, 6) is 1.71. The van der Waals surface area contributed by atoms with E-state index in [0.717, 1.165) is 28.8 Å². The number of hydrogen-bond acceptors (Lipinski definition) is 5. The average molecular weight is 249 g/mol. The van der Waals surface area contributed by atoms with Crippen molar-refractivity contribution in [2.45, 2.75) is 13.3 Å². The highest BCUT2D eigenvalue weighted by Gasteiger charge is 2.07. The number of rotatable bonds is 5. The quantitative estimate of drug-likeness (QED) is 0.884. The third kappa shape index (κ3) is 2.94. The van der Waals surface area contributed by atoms with Crippen LogP contribution in [0.15, 0.2) is 24.3 Å². The van der Waals surface area contributed by atoms with Crippen molar-refractivity contribution in [3.63, 3.8) is 0 Å². The van der Waals surface area contributed by atoms with E-state index >= 15 is 0 Å². The summed E-state index contributed by atoms with van der Waals surface area (Å²) in [6, 6.07) is 7.94. The molecule has 1 heterocycles. The lowest BCUT2D eigenvalue weighted by Gasteiger charge is -2.05. The fourth-order valence-electron chi connectivity index (χ4n) is 1.57. The van der Waals surface area contributed by atoms with Crippen LogP contribution in [0.1, 0.15) is 18.3 Å². The molecule has 0 saturated carbocycles. The molecule has 1 aromatic heterocycles. The molecule has 2 rings (SSSR count). The van der Waals surface area contributed by atoms with Crippen molar-refractivity contribution in [3.05, 3.63) is 35.7 Å². The van der Waals surface area contributed by atoms with Gasteiger partial charge in [0.25, 0.3) is 0 Å². The number of hydrogen-bond donors (Lipinski definition) is 1. The molecule has 1 aromatic carbocycles. The highest BCUT2D eigenvalue weighted by molar-refractivity contribution is 7.09. The predicted octanol–water partition coefficient (Wildman–Crippen LogP) is 2.57. The molecule has 2 aromatic rings. The first-order valence-electron chi connectivity index (χ1n) is 5.52. The number of para-hydroxylation sites is 1. The maximum absolute atomic E-state index is 5.30. The molecule has 0 atom stereocenters. The molecular weight excluding hydrogens is 234 g/mol. The largest absolute Gasteiger partial charge is 0.496 e. The number of nitrogens with zero attached hydrogens (tertiary/aromatic N) is 2. The first kappa shape index (κ1) is 11.9. The minimum Gasteiger partial charge on any atom is -0.496 e. The Balaban J connectivity index is 2.13. The van der Waals surface area contributed by atoms with Crippen LogP contribution < -0.4 is 10.1 Å². The Labute approximate surface area is 105 Å². The van der Waals surface area contributed by atoms with Crippen LogP contribution in [0.25, 0.3) is 0 Å². The van der Waals surface area contributed by atoms with Gasteiger partial charge >= 0.3 is 0 Å². The van der Waals surface area contributed by atoms with Gasteiger partial charge < -0.3 is 10.1 Å². The van der Waals surface area contributed by atoms with Gasteiger partial charge in [0.05, 0.1) is 7.11 Å². The van der Waals surface area contributed by atoms with Crippen molar-refractivity contribution in [2.75, 3.05) is 19.0 Å². The standard InChI is InChI=1S/C12H15N3OS/c1-3-13-12-14-11(15-17-12)8-9-6-4-5-7-10(9)16-2/h4-7H,3,8H2,1-2H3,(H,13,14,15). The summed E-state index contributed by atoms with van der Waals surface area (Å²) < 4.78 is 9.62. The van der Waals surface area contributed by atoms with Crippen LogP contribution in [0.5, 0.6) is 5.75 Å². The van der Waals surface area contributed by atoms with Crippen LogP contribution in [-0.4, -0.2) is 23.0 Å². The number of aromatic nitrogens is 2. The van der Waals surface area contributed by atoms with E-state index in [0.29, 0.717) is 6.42 Å². The molecule has 0 radical (unpaired) electrons. The molecule has 17 heavy (non-hydrogen) atoms. The zero-order chi connectivity index (χ0) is 12.1. The van der Waals surface area contributed by atoms with Crippen LogP contribution in [0.4, 0.5) is 5.13 Å². The van der Waals surface area contributed by atoms with Crippen LogP contribution >= 0.6 is 11.5 Å². The smallest absolute Gasteiger partial charge is 0.202 e. The molecule has 1 N–H and O–H groups in total. The number of anilines is 1. The zero-order valence-electron chi connectivity index (χ0n) is 9.93. The second-order valence-electron chi connectivity index (χ2n) is 3.53. The van der Waals surface area contributed by atoms with Gasteiger partial charge in [-0.3, -0.25) is 0 Å². The monoisotopic (exact) mass is 249 g/mol. The highest BCUT2D eigenvalue weighted by Crippen LogP contribution is 2.21. The molecule has 0 aliphatic rings. The fourth-order valence-corrected chi connectivity index (χ4v) is 2.22. The van der Waals surface area contributed by atoms with Crippen LogP contribution in [0.3, 0.4) is 0 Å². The maximum Gasteiger partial charge on any atom is 0.202 e. The van der Waals surface area contributed by atoms with Crippen LogP contribution in [0.2, 0.25) is 0 Å². The molecule has 0 unspecified atom stereocenters. The van der Waals surface area contributed by atoms with Gasteiger partial charge in [0, 0.05) is 30.1 Å². The average Bonchev–Trinajstić information content (AvgIpc) is 2.78. The molecule has 4 nitrogen and oxygen atoms in total. The molecular formula is C12H15N3OS. The van der Waals surface area contributed by atoms with Gasteiger partial charge in [-0.1, -0.05) is 18.2 Å². The van der Waals surface area contributed by atoms with E-state index < -0.39 is 0 Å². The predicted molar refractivity (Wildman–Crippen MR) is 69.9 cm³/mol. The second-order valence-corrected chi connectivity index (χ2v) is 4.29. The molecule has 0 spiro atoms. The van der Waals surface area contributed by atoms with E-state index in [1.165, 1.54) is 11.5 Å². The van der Waals surface area contributed by atoms with E-state index in [1.807, 2.05) is 31.2 Å². The molecule has 0 fully saturated rings. The Bertz CT molecular complexity index is 484. The molecule has 0 aliphatic heterocycles. The Morgan fingerprint density at radius 1 is 1.35 bits per heavy atom. The normalized spacial score (nSPS) is 10.2. The summed E-state index contributed by atoms with van der Waals surface area (Å²) in [7, 11) is 1.68. The third-order valence-corrected chi connectivity index (χ3v) is 3.05. The highest BCUT2D eigenvalue weighted by atomic mass is 32.1. The Morgan fingerprint density at radius 3 is 2.94 bits per heavy atom. The molecule has 90 valence electrons. The minimum atomic E-state index is 0.700. The van der Waals surface area contributed by atoms with Crippen molar-refractivity contribution in [3.8, 4) is 5.75 Å². The van der Waals surface area contributed by atoms with Crippen molar-refractivity contribution < 1.29 is 4.74 Å². The second kappa shape index (κ2) is 5.63. The summed E-state index contributed by atoms with van der Waals surface area (Å²) in [4.78, 5) is 4.41. The van der Waals surface area contributed by atoms with Gasteiger partial charge in [-0.15, -0.1) is 0 Å². The Hall–Kier alpha value is -1.62. The summed E-state index contributed by atoms with van der Waals surface area (Å²) in [6.07, 6.45) is 0.700. The lowest BCUT2D eigenvalue weighted by atomic mass is 10.1. The molecule has 0 amide bonds. The van der Waals surface area contributed by atoms with Crippen molar-refractivity contribution in [1.82, 2.24) is 9.36 Å². The molecule has 0 aliphatic carbocycles. The fraction of sp³-hybridized carbons (Fsp3) is 0.333. The van der Waals surface area contributed by atoms with Gasteiger partial charge in [-0.25, -0.2) is 4.98 Å². The third-order valence-electron chi connectivity index (χ3n) is 2.34. The van der Waals surface area contributed by atoms with E-state index in [4.69, 9.17) is 4.74 Å². The van der Waals surface area contributed by atoms with E-state index in [2.05, 4.69) is 14.7 Å². The summed E-state index contributed by atoms with van der Waals surface area (Å²) in [5.41, 5.74) is 1.11. The number of nitrogens with one attached hydrogen (secondary N) is 1. The van der Waals surface area contributed by atoms with Crippen LogP contribution in [0, 0.1) is 0 Å².